The minimum Gasteiger partial charge on any atom is -0.398 e. The summed E-state index contributed by atoms with van der Waals surface area (Å²) in [5.74, 6) is 0.344. The van der Waals surface area contributed by atoms with Crippen LogP contribution in [0.3, 0.4) is 0 Å². The molecule has 0 saturated carbocycles. The summed E-state index contributed by atoms with van der Waals surface area (Å²) in [6.45, 7) is 1.71. The first-order valence-electron chi connectivity index (χ1n) is 5.66. The van der Waals surface area contributed by atoms with Crippen molar-refractivity contribution in [1.29, 1.82) is 0 Å². The molecular formula is C12H12F3N3O2. The van der Waals surface area contributed by atoms with Gasteiger partial charge < -0.3 is 15.0 Å². The molecule has 1 atom stereocenters. The minimum absolute atomic E-state index is 0.0510. The summed E-state index contributed by atoms with van der Waals surface area (Å²) in [7, 11) is 1.48. The number of nitrogens with two attached hydrogens (primary N) is 1. The third-order valence-corrected chi connectivity index (χ3v) is 2.77. The van der Waals surface area contributed by atoms with Gasteiger partial charge in [-0.2, -0.15) is 18.2 Å². The number of hydrogen-bond acceptors (Lipinski definition) is 5. The van der Waals surface area contributed by atoms with Crippen molar-refractivity contribution in [3.8, 4) is 11.5 Å². The molecule has 8 heteroatoms. The fourth-order valence-corrected chi connectivity index (χ4v) is 1.55. The maximum absolute atomic E-state index is 12.5. The number of halogens is 3. The van der Waals surface area contributed by atoms with Crippen LogP contribution in [0.2, 0.25) is 0 Å². The Morgan fingerprint density at radius 2 is 2.05 bits per heavy atom. The summed E-state index contributed by atoms with van der Waals surface area (Å²) < 4.78 is 47.6. The van der Waals surface area contributed by atoms with Gasteiger partial charge in [-0.3, -0.25) is 0 Å². The Morgan fingerprint density at radius 1 is 1.35 bits per heavy atom. The van der Waals surface area contributed by atoms with E-state index in [4.69, 9.17) is 15.0 Å². The fourth-order valence-electron chi connectivity index (χ4n) is 1.55. The molecule has 0 amide bonds. The van der Waals surface area contributed by atoms with Crippen LogP contribution in [0, 0.1) is 0 Å². The Bertz CT molecular complexity index is 610. The molecule has 1 heterocycles. The molecule has 0 aliphatic heterocycles. The standard InChI is InChI=1S/C12H12F3N3O2/c1-6(19-2)10-17-11(20-18-10)8-4-3-7(5-9(8)16)12(13,14)15/h3-6H,16H2,1-2H3. The molecular weight excluding hydrogens is 275 g/mol. The summed E-state index contributed by atoms with van der Waals surface area (Å²) in [5, 5.41) is 3.69. The molecule has 0 saturated heterocycles. The average molecular weight is 287 g/mol. The van der Waals surface area contributed by atoms with Gasteiger partial charge in [0.15, 0.2) is 0 Å². The highest BCUT2D eigenvalue weighted by atomic mass is 19.4. The lowest BCUT2D eigenvalue weighted by atomic mass is 10.1. The molecule has 0 fully saturated rings. The summed E-state index contributed by atoms with van der Waals surface area (Å²) in [6, 6.07) is 2.95. The fraction of sp³-hybridized carbons (Fsp3) is 0.333. The van der Waals surface area contributed by atoms with E-state index in [1.807, 2.05) is 0 Å². The van der Waals surface area contributed by atoms with Gasteiger partial charge in [0.1, 0.15) is 6.10 Å². The van der Waals surface area contributed by atoms with Gasteiger partial charge in [-0.05, 0) is 25.1 Å². The minimum atomic E-state index is -4.45. The number of rotatable bonds is 3. The number of nitrogens with zero attached hydrogens (tertiary/aromatic N) is 2. The summed E-state index contributed by atoms with van der Waals surface area (Å²) >= 11 is 0. The normalized spacial score (nSPS) is 13.4. The number of nitrogen functional groups attached to an aromatic ring is 1. The lowest BCUT2D eigenvalue weighted by Gasteiger charge is -2.08. The van der Waals surface area contributed by atoms with E-state index in [9.17, 15) is 13.2 Å². The zero-order valence-electron chi connectivity index (χ0n) is 10.7. The number of benzene rings is 1. The van der Waals surface area contributed by atoms with Crippen molar-refractivity contribution >= 4 is 5.69 Å². The van der Waals surface area contributed by atoms with Gasteiger partial charge in [-0.25, -0.2) is 0 Å². The number of aromatic nitrogens is 2. The molecule has 0 bridgehead atoms. The van der Waals surface area contributed by atoms with Crippen molar-refractivity contribution in [3.63, 3.8) is 0 Å². The molecule has 2 N–H and O–H groups in total. The van der Waals surface area contributed by atoms with Crippen molar-refractivity contribution in [2.45, 2.75) is 19.2 Å². The van der Waals surface area contributed by atoms with Crippen LogP contribution in [0.5, 0.6) is 0 Å². The van der Waals surface area contributed by atoms with Crippen LogP contribution in [0.25, 0.3) is 11.5 Å². The highest BCUT2D eigenvalue weighted by Crippen LogP contribution is 2.34. The molecule has 2 aromatic rings. The second-order valence-corrected chi connectivity index (χ2v) is 4.14. The van der Waals surface area contributed by atoms with Crippen molar-refractivity contribution in [3.05, 3.63) is 29.6 Å². The molecule has 5 nitrogen and oxygen atoms in total. The highest BCUT2D eigenvalue weighted by Gasteiger charge is 2.31. The third-order valence-electron chi connectivity index (χ3n) is 2.77. The molecule has 2 rings (SSSR count). The van der Waals surface area contributed by atoms with Crippen molar-refractivity contribution in [1.82, 2.24) is 10.1 Å². The van der Waals surface area contributed by atoms with E-state index >= 15 is 0 Å². The maximum atomic E-state index is 12.5. The van der Waals surface area contributed by atoms with Crippen LogP contribution in [-0.4, -0.2) is 17.3 Å². The lowest BCUT2D eigenvalue weighted by Crippen LogP contribution is -2.06. The van der Waals surface area contributed by atoms with Gasteiger partial charge in [0.2, 0.25) is 5.82 Å². The number of hydrogen-bond donors (Lipinski definition) is 1. The number of alkyl halides is 3. The van der Waals surface area contributed by atoms with E-state index in [1.165, 1.54) is 13.2 Å². The average Bonchev–Trinajstić information content (AvgIpc) is 2.86. The van der Waals surface area contributed by atoms with Gasteiger partial charge in [-0.1, -0.05) is 5.16 Å². The second-order valence-electron chi connectivity index (χ2n) is 4.14. The predicted molar refractivity (Wildman–Crippen MR) is 64.6 cm³/mol. The van der Waals surface area contributed by atoms with Crippen molar-refractivity contribution in [2.75, 3.05) is 12.8 Å². The smallest absolute Gasteiger partial charge is 0.398 e. The van der Waals surface area contributed by atoms with E-state index < -0.39 is 11.7 Å². The number of anilines is 1. The Hall–Kier alpha value is -2.09. The van der Waals surface area contributed by atoms with E-state index in [0.29, 0.717) is 5.82 Å². The summed E-state index contributed by atoms with van der Waals surface area (Å²) in [5.41, 5.74) is 4.95. The van der Waals surface area contributed by atoms with Gasteiger partial charge in [0, 0.05) is 12.8 Å². The SMILES string of the molecule is COC(C)c1noc(-c2ccc(C(F)(F)F)cc2N)n1. The molecule has 0 radical (unpaired) electrons. The Kier molecular flexibility index (Phi) is 3.67. The zero-order valence-corrected chi connectivity index (χ0v) is 10.7. The van der Waals surface area contributed by atoms with Crippen LogP contribution in [0.15, 0.2) is 22.7 Å². The maximum Gasteiger partial charge on any atom is 0.416 e. The van der Waals surface area contributed by atoms with Crippen LogP contribution in [-0.2, 0) is 10.9 Å². The van der Waals surface area contributed by atoms with E-state index in [2.05, 4.69) is 10.1 Å². The van der Waals surface area contributed by atoms with Crippen LogP contribution in [0.1, 0.15) is 24.4 Å². The zero-order chi connectivity index (χ0) is 14.9. The first-order valence-corrected chi connectivity index (χ1v) is 5.66. The van der Waals surface area contributed by atoms with Gasteiger partial charge in [0.25, 0.3) is 5.89 Å². The van der Waals surface area contributed by atoms with Gasteiger partial charge in [-0.15, -0.1) is 0 Å². The Labute approximate surface area is 112 Å². The quantitative estimate of drug-likeness (QED) is 0.878. The summed E-state index contributed by atoms with van der Waals surface area (Å²) in [6.07, 6.45) is -4.83. The molecule has 0 aliphatic rings. The Morgan fingerprint density at radius 3 is 2.60 bits per heavy atom. The van der Waals surface area contributed by atoms with E-state index in [1.54, 1.807) is 6.92 Å². The first kappa shape index (κ1) is 14.3. The van der Waals surface area contributed by atoms with Crippen molar-refractivity contribution < 1.29 is 22.4 Å². The van der Waals surface area contributed by atoms with Crippen LogP contribution in [0.4, 0.5) is 18.9 Å². The van der Waals surface area contributed by atoms with Gasteiger partial charge in [0.05, 0.1) is 11.1 Å². The monoisotopic (exact) mass is 287 g/mol. The van der Waals surface area contributed by atoms with Crippen LogP contribution >= 0.6 is 0 Å². The molecule has 108 valence electrons. The molecule has 0 spiro atoms. The topological polar surface area (TPSA) is 74.2 Å². The molecule has 20 heavy (non-hydrogen) atoms. The number of methoxy groups -OCH3 is 1. The van der Waals surface area contributed by atoms with Gasteiger partial charge >= 0.3 is 6.18 Å². The highest BCUT2D eigenvalue weighted by molar-refractivity contribution is 5.71. The molecule has 0 aliphatic carbocycles. The van der Waals surface area contributed by atoms with Crippen LogP contribution < -0.4 is 5.73 Å². The Balaban J connectivity index is 2.36. The van der Waals surface area contributed by atoms with E-state index in [-0.39, 0.29) is 23.2 Å². The molecule has 1 aromatic heterocycles. The number of ether oxygens (including phenoxy) is 1. The van der Waals surface area contributed by atoms with Crippen molar-refractivity contribution in [2.24, 2.45) is 0 Å². The third kappa shape index (κ3) is 2.74. The van der Waals surface area contributed by atoms with E-state index in [0.717, 1.165) is 12.1 Å². The summed E-state index contributed by atoms with van der Waals surface area (Å²) in [4.78, 5) is 4.04. The lowest BCUT2D eigenvalue weighted by molar-refractivity contribution is -0.137. The molecule has 1 unspecified atom stereocenters. The largest absolute Gasteiger partial charge is 0.416 e. The second kappa shape index (κ2) is 5.12. The predicted octanol–water partition coefficient (Wildman–Crippen LogP) is 3.05. The first-order chi connectivity index (χ1) is 9.32. The molecule has 1 aromatic carbocycles.